The molecule has 182 valence electrons. The fraction of sp³-hybridized carbons (Fsp3) is 0. The molecule has 0 saturated carbocycles. The van der Waals surface area contributed by atoms with Crippen LogP contribution in [-0.4, -0.2) is 17.7 Å². The summed E-state index contributed by atoms with van der Waals surface area (Å²) in [4.78, 5) is 41.5. The first-order valence-electron chi connectivity index (χ1n) is 11.3. The largest absolute Gasteiger partial charge is 0.350 e. The number of carbonyl (C=O) groups excluding carboxylic acids is 3. The van der Waals surface area contributed by atoms with Crippen LogP contribution in [0.4, 0.5) is 21.5 Å². The zero-order valence-corrected chi connectivity index (χ0v) is 20.2. The Morgan fingerprint density at radius 2 is 1.38 bits per heavy atom. The van der Waals surface area contributed by atoms with E-state index in [0.29, 0.717) is 27.5 Å². The SMILES string of the molecule is O=C(Nc1cccc(SC2=C(Nc3ccccc3)C(=O)N(c3ccccc3)C2=O)c1)c1ccc(F)cc1. The number of benzene rings is 4. The summed E-state index contributed by atoms with van der Waals surface area (Å²) in [6.07, 6.45) is 0. The Kier molecular flexibility index (Phi) is 6.83. The molecular formula is C29H20FN3O3S. The Balaban J connectivity index is 1.44. The summed E-state index contributed by atoms with van der Waals surface area (Å²) in [5, 5.41) is 5.89. The number of amides is 3. The summed E-state index contributed by atoms with van der Waals surface area (Å²) in [5.41, 5.74) is 2.12. The topological polar surface area (TPSA) is 78.5 Å². The van der Waals surface area contributed by atoms with E-state index in [2.05, 4.69) is 10.6 Å². The number of hydrogen-bond acceptors (Lipinski definition) is 5. The summed E-state index contributed by atoms with van der Waals surface area (Å²) in [7, 11) is 0. The van der Waals surface area contributed by atoms with Crippen molar-refractivity contribution in [1.29, 1.82) is 0 Å². The van der Waals surface area contributed by atoms with E-state index >= 15 is 0 Å². The normalized spacial score (nSPS) is 13.2. The Bertz CT molecular complexity index is 1510. The molecule has 0 aromatic heterocycles. The van der Waals surface area contributed by atoms with E-state index in [4.69, 9.17) is 0 Å². The minimum Gasteiger partial charge on any atom is -0.350 e. The maximum absolute atomic E-state index is 13.5. The van der Waals surface area contributed by atoms with Gasteiger partial charge in [0.15, 0.2) is 0 Å². The molecule has 0 saturated heterocycles. The van der Waals surface area contributed by atoms with E-state index in [9.17, 15) is 18.8 Å². The van der Waals surface area contributed by atoms with Crippen molar-refractivity contribution in [3.05, 3.63) is 131 Å². The first-order valence-corrected chi connectivity index (χ1v) is 12.2. The maximum atomic E-state index is 13.5. The van der Waals surface area contributed by atoms with E-state index in [-0.39, 0.29) is 10.6 Å². The van der Waals surface area contributed by atoms with Gasteiger partial charge >= 0.3 is 0 Å². The summed E-state index contributed by atoms with van der Waals surface area (Å²) in [6.45, 7) is 0. The molecule has 1 aliphatic rings. The molecule has 0 bridgehead atoms. The van der Waals surface area contributed by atoms with Gasteiger partial charge in [0.1, 0.15) is 16.4 Å². The molecule has 6 nitrogen and oxygen atoms in total. The zero-order chi connectivity index (χ0) is 25.8. The van der Waals surface area contributed by atoms with E-state index in [1.807, 2.05) is 36.4 Å². The van der Waals surface area contributed by atoms with Crippen molar-refractivity contribution in [3.8, 4) is 0 Å². The number of anilines is 3. The number of nitrogens with one attached hydrogen (secondary N) is 2. The van der Waals surface area contributed by atoms with Gasteiger partial charge in [-0.25, -0.2) is 9.29 Å². The van der Waals surface area contributed by atoms with Gasteiger partial charge < -0.3 is 10.6 Å². The highest BCUT2D eigenvalue weighted by Gasteiger charge is 2.40. The van der Waals surface area contributed by atoms with E-state index in [1.54, 1.807) is 48.5 Å². The third-order valence-corrected chi connectivity index (χ3v) is 6.59. The number of hydrogen-bond donors (Lipinski definition) is 2. The standard InChI is InChI=1S/C29H20FN3O3S/c30-20-16-14-19(15-17-20)27(34)32-22-10-7-13-24(18-22)37-26-25(31-21-8-3-1-4-9-21)28(35)33(29(26)36)23-11-5-2-6-12-23/h1-18,31H,(H,32,34). The number of halogens is 1. The summed E-state index contributed by atoms with van der Waals surface area (Å²) >= 11 is 1.13. The molecule has 1 heterocycles. The number of carbonyl (C=O) groups is 3. The fourth-order valence-corrected chi connectivity index (χ4v) is 4.74. The second kappa shape index (κ2) is 10.5. The van der Waals surface area contributed by atoms with Crippen LogP contribution in [-0.2, 0) is 9.59 Å². The molecule has 0 atom stereocenters. The first kappa shape index (κ1) is 24.0. The van der Waals surface area contributed by atoms with Gasteiger partial charge in [-0.15, -0.1) is 0 Å². The van der Waals surface area contributed by atoms with Crippen LogP contribution in [0.15, 0.2) is 125 Å². The van der Waals surface area contributed by atoms with E-state index < -0.39 is 23.5 Å². The van der Waals surface area contributed by atoms with Crippen LogP contribution in [0, 0.1) is 5.82 Å². The summed E-state index contributed by atoms with van der Waals surface area (Å²) in [6, 6.07) is 30.1. The average molecular weight is 510 g/mol. The molecule has 0 fully saturated rings. The molecule has 5 rings (SSSR count). The monoisotopic (exact) mass is 509 g/mol. The van der Waals surface area contributed by atoms with Gasteiger partial charge in [0.05, 0.1) is 5.69 Å². The molecule has 3 amide bonds. The quantitative estimate of drug-likeness (QED) is 0.296. The van der Waals surface area contributed by atoms with Crippen LogP contribution in [0.1, 0.15) is 10.4 Å². The molecule has 0 radical (unpaired) electrons. The maximum Gasteiger partial charge on any atom is 0.283 e. The van der Waals surface area contributed by atoms with Gasteiger partial charge in [-0.05, 0) is 66.7 Å². The number of imide groups is 1. The molecule has 0 unspecified atom stereocenters. The van der Waals surface area contributed by atoms with Crippen LogP contribution in [0.2, 0.25) is 0 Å². The minimum atomic E-state index is -0.455. The van der Waals surface area contributed by atoms with E-state index in [1.165, 1.54) is 24.3 Å². The van der Waals surface area contributed by atoms with Crippen molar-refractivity contribution in [1.82, 2.24) is 0 Å². The van der Waals surface area contributed by atoms with Crippen molar-refractivity contribution < 1.29 is 18.8 Å². The average Bonchev–Trinajstić information content (AvgIpc) is 3.14. The van der Waals surface area contributed by atoms with Gasteiger partial charge in [0.25, 0.3) is 17.7 Å². The lowest BCUT2D eigenvalue weighted by Crippen LogP contribution is -2.32. The van der Waals surface area contributed by atoms with Gasteiger partial charge in [-0.3, -0.25) is 14.4 Å². The Hall–Kier alpha value is -4.69. The predicted octanol–water partition coefficient (Wildman–Crippen LogP) is 6.07. The van der Waals surface area contributed by atoms with Crippen LogP contribution < -0.4 is 15.5 Å². The highest BCUT2D eigenvalue weighted by molar-refractivity contribution is 8.04. The molecule has 1 aliphatic heterocycles. The Morgan fingerprint density at radius 1 is 0.730 bits per heavy atom. The van der Waals surface area contributed by atoms with Gasteiger partial charge in [-0.2, -0.15) is 0 Å². The number of para-hydroxylation sites is 2. The number of rotatable bonds is 7. The Morgan fingerprint density at radius 3 is 2.08 bits per heavy atom. The van der Waals surface area contributed by atoms with Crippen LogP contribution in [0.25, 0.3) is 0 Å². The lowest BCUT2D eigenvalue weighted by Gasteiger charge is -2.15. The second-order valence-electron chi connectivity index (χ2n) is 8.07. The lowest BCUT2D eigenvalue weighted by atomic mass is 10.2. The van der Waals surface area contributed by atoms with Crippen molar-refractivity contribution >= 4 is 46.5 Å². The summed E-state index contributed by atoms with van der Waals surface area (Å²) in [5.74, 6) is -1.72. The molecule has 4 aromatic carbocycles. The number of thioether (sulfide) groups is 1. The van der Waals surface area contributed by atoms with Crippen molar-refractivity contribution in [2.24, 2.45) is 0 Å². The minimum absolute atomic E-state index is 0.172. The zero-order valence-electron chi connectivity index (χ0n) is 19.4. The fourth-order valence-electron chi connectivity index (χ4n) is 3.75. The van der Waals surface area contributed by atoms with Crippen molar-refractivity contribution in [2.45, 2.75) is 4.90 Å². The second-order valence-corrected chi connectivity index (χ2v) is 9.15. The highest BCUT2D eigenvalue weighted by atomic mass is 32.2. The third kappa shape index (κ3) is 5.29. The third-order valence-electron chi connectivity index (χ3n) is 5.52. The molecule has 8 heteroatoms. The molecule has 0 spiro atoms. The molecule has 37 heavy (non-hydrogen) atoms. The van der Waals surface area contributed by atoms with Gasteiger partial charge in [-0.1, -0.05) is 54.2 Å². The first-order chi connectivity index (χ1) is 18.0. The molecule has 0 aliphatic carbocycles. The smallest absolute Gasteiger partial charge is 0.283 e. The van der Waals surface area contributed by atoms with Crippen LogP contribution in [0.3, 0.4) is 0 Å². The van der Waals surface area contributed by atoms with Gasteiger partial charge in [0, 0.05) is 21.8 Å². The molecular weight excluding hydrogens is 489 g/mol. The predicted molar refractivity (Wildman–Crippen MR) is 143 cm³/mol. The lowest BCUT2D eigenvalue weighted by molar-refractivity contribution is -0.120. The van der Waals surface area contributed by atoms with E-state index in [0.717, 1.165) is 16.7 Å². The van der Waals surface area contributed by atoms with Crippen LogP contribution >= 0.6 is 11.8 Å². The number of nitrogens with zero attached hydrogens (tertiary/aromatic N) is 1. The van der Waals surface area contributed by atoms with Crippen molar-refractivity contribution in [3.63, 3.8) is 0 Å². The van der Waals surface area contributed by atoms with Gasteiger partial charge in [0.2, 0.25) is 0 Å². The van der Waals surface area contributed by atoms with Crippen LogP contribution in [0.5, 0.6) is 0 Å². The van der Waals surface area contributed by atoms with Crippen molar-refractivity contribution in [2.75, 3.05) is 15.5 Å². The highest BCUT2D eigenvalue weighted by Crippen LogP contribution is 2.38. The summed E-state index contributed by atoms with van der Waals surface area (Å²) < 4.78 is 13.2. The Labute approximate surface area is 216 Å². The molecule has 4 aromatic rings. The molecule has 2 N–H and O–H groups in total.